The fourth-order valence-electron chi connectivity index (χ4n) is 3.02. The summed E-state index contributed by atoms with van der Waals surface area (Å²) in [5.74, 6) is -0.584. The molecule has 10 nitrogen and oxygen atoms in total. The van der Waals surface area contributed by atoms with Crippen LogP contribution in [0.2, 0.25) is 0 Å². The van der Waals surface area contributed by atoms with Gasteiger partial charge in [0, 0.05) is 29.5 Å². The Morgan fingerprint density at radius 2 is 2.03 bits per heavy atom. The molecule has 0 aliphatic rings. The molecule has 11 heteroatoms. The van der Waals surface area contributed by atoms with Gasteiger partial charge in [-0.2, -0.15) is 5.10 Å². The van der Waals surface area contributed by atoms with E-state index in [0.29, 0.717) is 17.0 Å². The van der Waals surface area contributed by atoms with Crippen LogP contribution in [0.15, 0.2) is 49.1 Å². The largest absolute Gasteiger partial charge is 0.494 e. The van der Waals surface area contributed by atoms with Crippen molar-refractivity contribution in [3.05, 3.63) is 71.9 Å². The zero-order chi connectivity index (χ0) is 25.2. The molecule has 0 unspecified atom stereocenters. The van der Waals surface area contributed by atoms with E-state index in [1.807, 2.05) is 5.32 Å². The molecule has 160 valence electrons. The first kappa shape index (κ1) is 17.0. The first-order valence-corrected chi connectivity index (χ1v) is 9.08. The summed E-state index contributed by atoms with van der Waals surface area (Å²) in [5, 5.41) is 12.0. The summed E-state index contributed by atoms with van der Waals surface area (Å²) in [6.45, 7) is 4.65. The van der Waals surface area contributed by atoms with Gasteiger partial charge in [0.15, 0.2) is 5.75 Å². The maximum Gasteiger partial charge on any atom is 0.254 e. The average Bonchev–Trinajstić information content (AvgIpc) is 3.23. The van der Waals surface area contributed by atoms with E-state index in [2.05, 4.69) is 30.5 Å². The Bertz CT molecular complexity index is 1450. The summed E-state index contributed by atoms with van der Waals surface area (Å²) in [6, 6.07) is 5.69. The number of ether oxygens (including phenoxy) is 1. The van der Waals surface area contributed by atoms with Crippen LogP contribution in [0.3, 0.4) is 0 Å². The molecule has 0 saturated carbocycles. The number of methoxy groups -OCH3 is 1. The standard InChI is InChI=1S/C21H17FN8O2/c1-23-16-11-27-30-7-6-14(20(32-3)19(16)30)28-15-8-18(26-10-13(15)21(31)24-2)29-17-5-4-12(22)9-25-17/h4-11H,2-3H3,(H,24,31)(H2,25,26,28,29)/i2D3. The molecular formula is C21H17FN8O2. The van der Waals surface area contributed by atoms with Crippen LogP contribution >= 0.6 is 0 Å². The molecule has 4 heterocycles. The third-order valence-corrected chi connectivity index (χ3v) is 4.46. The number of hydrogen-bond donors (Lipinski definition) is 3. The predicted molar refractivity (Wildman–Crippen MR) is 116 cm³/mol. The summed E-state index contributed by atoms with van der Waals surface area (Å²) >= 11 is 0. The highest BCUT2D eigenvalue weighted by Gasteiger charge is 2.18. The van der Waals surface area contributed by atoms with Crippen LogP contribution in [0.1, 0.15) is 14.5 Å². The molecule has 4 rings (SSSR count). The Morgan fingerprint density at radius 1 is 1.19 bits per heavy atom. The zero-order valence-corrected chi connectivity index (χ0v) is 16.5. The molecule has 0 radical (unpaired) electrons. The number of fused-ring (bicyclic) bond motifs is 1. The van der Waals surface area contributed by atoms with E-state index in [1.165, 1.54) is 42.2 Å². The van der Waals surface area contributed by atoms with Crippen LogP contribution in [-0.2, 0) is 0 Å². The first-order valence-electron chi connectivity index (χ1n) is 10.6. The Hall–Kier alpha value is -4.72. The number of hydrogen-bond acceptors (Lipinski definition) is 7. The smallest absolute Gasteiger partial charge is 0.254 e. The average molecular weight is 435 g/mol. The van der Waals surface area contributed by atoms with Gasteiger partial charge in [0.2, 0.25) is 5.69 Å². The van der Waals surface area contributed by atoms with Crippen LogP contribution in [-0.4, -0.2) is 39.6 Å². The van der Waals surface area contributed by atoms with Gasteiger partial charge in [-0.1, -0.05) is 0 Å². The van der Waals surface area contributed by atoms with Crippen LogP contribution in [0.25, 0.3) is 10.4 Å². The van der Waals surface area contributed by atoms with E-state index in [0.717, 1.165) is 6.20 Å². The highest BCUT2D eigenvalue weighted by atomic mass is 19.1. The Kier molecular flexibility index (Phi) is 4.55. The summed E-state index contributed by atoms with van der Waals surface area (Å²) in [4.78, 5) is 24.2. The Labute approximate surface area is 186 Å². The van der Waals surface area contributed by atoms with Crippen LogP contribution < -0.4 is 20.7 Å². The van der Waals surface area contributed by atoms with Gasteiger partial charge in [0.25, 0.3) is 5.91 Å². The van der Waals surface area contributed by atoms with Gasteiger partial charge in [-0.3, -0.25) is 4.79 Å². The number of pyridine rings is 3. The monoisotopic (exact) mass is 435 g/mol. The summed E-state index contributed by atoms with van der Waals surface area (Å²) in [6.07, 6.45) is 5.21. The highest BCUT2D eigenvalue weighted by Crippen LogP contribution is 2.37. The predicted octanol–water partition coefficient (Wildman–Crippen LogP) is 3.67. The summed E-state index contributed by atoms with van der Waals surface area (Å²) in [7, 11) is 1.42. The van der Waals surface area contributed by atoms with Gasteiger partial charge in [0.1, 0.15) is 23.0 Å². The SMILES string of the molecule is [2H]C([2H])([2H])NC(=O)c1cnc(Nc2ccc(F)cn2)cc1Nc1ccn2ncc([N+]#[C-])c2c1OC. The number of amides is 1. The van der Waals surface area contributed by atoms with Gasteiger partial charge < -0.3 is 20.7 Å². The summed E-state index contributed by atoms with van der Waals surface area (Å²) in [5.41, 5.74) is 1.15. The molecule has 0 aliphatic heterocycles. The number of rotatable bonds is 6. The lowest BCUT2D eigenvalue weighted by atomic mass is 10.2. The number of aromatic nitrogens is 4. The molecular weight excluding hydrogens is 415 g/mol. The number of anilines is 4. The van der Waals surface area contributed by atoms with Crippen molar-refractivity contribution in [1.82, 2.24) is 24.9 Å². The quantitative estimate of drug-likeness (QED) is 0.397. The minimum Gasteiger partial charge on any atom is -0.494 e. The lowest BCUT2D eigenvalue weighted by Gasteiger charge is -2.16. The number of carbonyl (C=O) groups is 1. The van der Waals surface area contributed by atoms with Crippen molar-refractivity contribution in [2.24, 2.45) is 0 Å². The Balaban J connectivity index is 1.78. The van der Waals surface area contributed by atoms with E-state index >= 15 is 0 Å². The molecule has 0 aliphatic carbocycles. The molecule has 1 amide bonds. The topological polar surface area (TPSA) is 110 Å². The second-order valence-electron chi connectivity index (χ2n) is 6.38. The molecule has 0 spiro atoms. The fourth-order valence-corrected chi connectivity index (χ4v) is 3.02. The molecule has 0 bridgehead atoms. The van der Waals surface area contributed by atoms with E-state index < -0.39 is 18.7 Å². The van der Waals surface area contributed by atoms with Crippen molar-refractivity contribution in [1.29, 1.82) is 0 Å². The van der Waals surface area contributed by atoms with Crippen molar-refractivity contribution in [2.75, 3.05) is 24.7 Å². The van der Waals surface area contributed by atoms with Crippen LogP contribution in [0.5, 0.6) is 5.75 Å². The van der Waals surface area contributed by atoms with E-state index in [9.17, 15) is 9.18 Å². The third-order valence-electron chi connectivity index (χ3n) is 4.46. The van der Waals surface area contributed by atoms with Crippen molar-refractivity contribution in [3.8, 4) is 5.75 Å². The molecule has 4 aromatic heterocycles. The molecule has 3 N–H and O–H groups in total. The molecule has 0 aromatic carbocycles. The van der Waals surface area contributed by atoms with E-state index in [-0.39, 0.29) is 28.5 Å². The van der Waals surface area contributed by atoms with Gasteiger partial charge >= 0.3 is 0 Å². The second-order valence-corrected chi connectivity index (χ2v) is 6.38. The third kappa shape index (κ3) is 3.84. The lowest BCUT2D eigenvalue weighted by Crippen LogP contribution is -2.19. The van der Waals surface area contributed by atoms with Gasteiger partial charge in [-0.25, -0.2) is 23.7 Å². The van der Waals surface area contributed by atoms with Gasteiger partial charge in [0.05, 0.1) is 43.0 Å². The van der Waals surface area contributed by atoms with Crippen molar-refractivity contribution in [3.63, 3.8) is 0 Å². The number of nitrogens with one attached hydrogen (secondary N) is 3. The van der Waals surface area contributed by atoms with E-state index in [4.69, 9.17) is 15.4 Å². The number of carbonyl (C=O) groups excluding carboxylic acids is 1. The normalized spacial score (nSPS) is 12.2. The molecule has 0 fully saturated rings. The second kappa shape index (κ2) is 8.57. The zero-order valence-electron chi connectivity index (χ0n) is 19.5. The van der Waals surface area contributed by atoms with Crippen molar-refractivity contribution >= 4 is 40.1 Å². The number of nitrogens with zero attached hydrogens (tertiary/aromatic N) is 5. The molecule has 4 aromatic rings. The molecule has 0 saturated heterocycles. The van der Waals surface area contributed by atoms with Crippen molar-refractivity contribution in [2.45, 2.75) is 0 Å². The summed E-state index contributed by atoms with van der Waals surface area (Å²) < 4.78 is 42.2. The lowest BCUT2D eigenvalue weighted by molar-refractivity contribution is 0.0963. The molecule has 0 atom stereocenters. The maximum atomic E-state index is 13.2. The van der Waals surface area contributed by atoms with Gasteiger partial charge in [-0.15, -0.1) is 0 Å². The minimum absolute atomic E-state index is 0.0698. The molecule has 32 heavy (non-hydrogen) atoms. The highest BCUT2D eigenvalue weighted by molar-refractivity contribution is 6.01. The van der Waals surface area contributed by atoms with Crippen molar-refractivity contribution < 1.29 is 18.0 Å². The van der Waals surface area contributed by atoms with Gasteiger partial charge in [-0.05, 0) is 18.2 Å². The maximum absolute atomic E-state index is 13.2. The van der Waals surface area contributed by atoms with Crippen LogP contribution in [0.4, 0.5) is 33.1 Å². The van der Waals surface area contributed by atoms with E-state index in [1.54, 1.807) is 12.3 Å². The fraction of sp³-hybridized carbons (Fsp3) is 0.0952. The van der Waals surface area contributed by atoms with Crippen LogP contribution in [0, 0.1) is 12.4 Å². The first-order chi connectivity index (χ1) is 16.7. The number of halogens is 1. The Morgan fingerprint density at radius 3 is 2.75 bits per heavy atom. The minimum atomic E-state index is -2.72.